The van der Waals surface area contributed by atoms with Crippen LogP contribution < -0.4 is 90.2 Å². The fourth-order valence-corrected chi connectivity index (χ4v) is 18.5. The second-order valence-corrected chi connectivity index (χ2v) is 31.1. The van der Waals surface area contributed by atoms with E-state index in [-0.39, 0.29) is 95.1 Å². The largest absolute Gasteiger partial charge is 1.00 e. The number of rotatable bonds is 20. The molecule has 2 heterocycles. The first-order valence-electron chi connectivity index (χ1n) is 34.1. The monoisotopic (exact) mass is 1840 g/mol. The van der Waals surface area contributed by atoms with Crippen LogP contribution >= 0.6 is 0 Å². The summed E-state index contributed by atoms with van der Waals surface area (Å²) < 4.78 is 503. The summed E-state index contributed by atoms with van der Waals surface area (Å²) in [6.07, 6.45) is -2.52. The van der Waals surface area contributed by atoms with Crippen molar-refractivity contribution in [3.8, 4) is 0 Å². The van der Waals surface area contributed by atoms with E-state index in [1.54, 1.807) is 0 Å². The van der Waals surface area contributed by atoms with E-state index in [4.69, 9.17) is 0 Å². The Morgan fingerprint density at radius 3 is 0.400 bits per heavy atom. The van der Waals surface area contributed by atoms with E-state index in [0.717, 1.165) is 21.8 Å². The minimum absolute atomic E-state index is 0. The Bertz CT molecular complexity index is 4400. The van der Waals surface area contributed by atoms with Crippen LogP contribution in [0.1, 0.15) is 97.9 Å². The van der Waals surface area contributed by atoms with Crippen molar-refractivity contribution in [3.63, 3.8) is 0 Å². The Kier molecular flexibility index (Phi) is 34.7. The molecule has 0 aliphatic carbocycles. The molecule has 0 atom stereocenters. The van der Waals surface area contributed by atoms with E-state index in [0.29, 0.717) is 0 Å². The molecule has 0 aromatic heterocycles. The molecule has 38 heteroatoms. The Morgan fingerprint density at radius 2 is 0.317 bits per heavy atom. The summed E-state index contributed by atoms with van der Waals surface area (Å²) in [5.41, 5.74) is -36.4. The zero-order valence-corrected chi connectivity index (χ0v) is 68.2. The van der Waals surface area contributed by atoms with Crippen molar-refractivity contribution in [2.45, 2.75) is 53.4 Å². The van der Waals surface area contributed by atoms with Crippen molar-refractivity contribution in [3.05, 3.63) is 307 Å². The molecule has 10 rings (SSSR count). The van der Waals surface area contributed by atoms with Gasteiger partial charge in [0.2, 0.25) is 0 Å². The van der Waals surface area contributed by atoms with E-state index in [1.165, 1.54) is 71.3 Å². The topological polar surface area (TPSA) is 0 Å². The summed E-state index contributed by atoms with van der Waals surface area (Å²) in [5.74, 6) is -86.2. The molecule has 2 fully saturated rings. The number of allylic oxidation sites excluding steroid dienone is 2. The van der Waals surface area contributed by atoms with Gasteiger partial charge in [-0.1, -0.05) is 112 Å². The predicted octanol–water partition coefficient (Wildman–Crippen LogP) is 14.5. The van der Waals surface area contributed by atoms with E-state index < -0.39 is 287 Å². The molecule has 0 bridgehead atoms. The maximum absolute atomic E-state index is 16.1. The molecule has 2 aliphatic rings. The van der Waals surface area contributed by atoms with E-state index in [9.17, 15) is 0 Å². The molecule has 8 aromatic rings. The van der Waals surface area contributed by atoms with Crippen molar-refractivity contribution in [2.75, 3.05) is 34.5 Å². The average molecular weight is 1840 g/mol. The molecule has 2 aliphatic heterocycles. The van der Waals surface area contributed by atoms with E-state index in [2.05, 4.69) is 92.5 Å². The van der Waals surface area contributed by atoms with Gasteiger partial charge in [0.05, 0.1) is 44.5 Å². The summed E-state index contributed by atoms with van der Waals surface area (Å²) in [6, 6.07) is 0. The predicted molar refractivity (Wildman–Crippen MR) is 401 cm³/mol. The third-order valence-corrected chi connectivity index (χ3v) is 24.2. The smallest absolute Gasteiger partial charge is 1.00 e. The fraction of sp³-hybridized carbons (Fsp3) is 0.171. The Hall–Kier alpha value is -8.77. The molecule has 0 nitrogen and oxygen atoms in total. The third-order valence-electron chi connectivity index (χ3n) is 19.4. The van der Waals surface area contributed by atoms with Gasteiger partial charge >= 0.3 is 29.6 Å². The summed E-state index contributed by atoms with van der Waals surface area (Å²) in [5, 5.41) is 0. The second kappa shape index (κ2) is 40.9. The summed E-state index contributed by atoms with van der Waals surface area (Å²) >= 11 is 0. The van der Waals surface area contributed by atoms with Crippen molar-refractivity contribution in [2.24, 2.45) is 0 Å². The van der Waals surface area contributed by atoms with Crippen LogP contribution in [-0.2, 0) is 21.8 Å². The van der Waals surface area contributed by atoms with Crippen LogP contribution in [0.25, 0.3) is 48.6 Å². The van der Waals surface area contributed by atoms with E-state index in [1.807, 2.05) is 0 Å². The van der Waals surface area contributed by atoms with Crippen LogP contribution in [0.5, 0.6) is 0 Å². The molecular weight excluding hydrogens is 1780 g/mol. The maximum atomic E-state index is 16.1. The molecule has 8 aromatic carbocycles. The molecule has 0 unspecified atom stereocenters. The van der Waals surface area contributed by atoms with Crippen LogP contribution in [0.15, 0.2) is 75.9 Å². The van der Waals surface area contributed by atoms with Crippen LogP contribution in [0.4, 0.5) is 140 Å². The molecule has 636 valence electrons. The van der Waals surface area contributed by atoms with Crippen LogP contribution in [0.2, 0.25) is 0 Å². The van der Waals surface area contributed by atoms with Crippen molar-refractivity contribution >= 4 is 126 Å². The number of hydrogen-bond acceptors (Lipinski definition) is 0. The van der Waals surface area contributed by atoms with Crippen LogP contribution in [0, 0.1) is 186 Å². The van der Waals surface area contributed by atoms with Crippen molar-refractivity contribution in [1.29, 1.82) is 0 Å². The zero-order chi connectivity index (χ0) is 89.2. The quantitative estimate of drug-likeness (QED) is 0.0235. The normalized spacial score (nSPS) is 12.7. The van der Waals surface area contributed by atoms with Gasteiger partial charge in [-0.05, 0) is 87.3 Å². The Morgan fingerprint density at radius 1 is 0.217 bits per heavy atom. The maximum Gasteiger partial charge on any atom is 1.00 e. The molecule has 0 amide bonds. The van der Waals surface area contributed by atoms with Gasteiger partial charge in [-0.15, -0.1) is 43.7 Å². The molecule has 0 radical (unpaired) electrons. The summed E-state index contributed by atoms with van der Waals surface area (Å²) in [7, 11) is 1.55. The molecule has 0 saturated carbocycles. The van der Waals surface area contributed by atoms with E-state index >= 15 is 140 Å². The molecular formula is C82H58B2BrF32NaS2. The van der Waals surface area contributed by atoms with Gasteiger partial charge in [-0.2, -0.15) is 0 Å². The first-order chi connectivity index (χ1) is 55.3. The minimum Gasteiger partial charge on any atom is -1.00 e. The number of hydrogen-bond donors (Lipinski definition) is 0. The van der Waals surface area contributed by atoms with Gasteiger partial charge in [-0.25, -0.2) is 140 Å². The molecule has 120 heavy (non-hydrogen) atoms. The van der Waals surface area contributed by atoms with Crippen molar-refractivity contribution in [1.82, 2.24) is 0 Å². The molecule has 0 spiro atoms. The van der Waals surface area contributed by atoms with Crippen LogP contribution in [0.3, 0.4) is 0 Å². The van der Waals surface area contributed by atoms with Gasteiger partial charge in [0, 0.05) is 0 Å². The number of benzene rings is 8. The van der Waals surface area contributed by atoms with Gasteiger partial charge < -0.3 is 17.0 Å². The molecule has 2 saturated heterocycles. The average Bonchev–Trinajstić information content (AvgIpc) is 0.736. The second-order valence-electron chi connectivity index (χ2n) is 26.4. The van der Waals surface area contributed by atoms with Crippen molar-refractivity contribution < 1.29 is 187 Å². The standard InChI is InChI=1S/2C32H12BF16.2C9H17S.BrH.Na/c2*1-5-9-17(34)25(42)13(26(43)18(9)35)33(14-27(44)19(36)10(6-2)20(37)28(14)45,15-29(46)21(38)11(7-3)22(39)30(15)47)16-31(48)23(40)12(8-4)24(41)32(16)49;2*1-9(2)5-8-10-6-3-4-7-10;;/h2*5-8H,1-4H2;2*5H,3-4,6-8H2,1-2H3;1H;/q2*-1;2*+1;;+1/p-1. The van der Waals surface area contributed by atoms with Crippen LogP contribution in [-0.4, -0.2) is 46.8 Å². The Labute approximate surface area is 703 Å². The number of halogens is 33. The summed E-state index contributed by atoms with van der Waals surface area (Å²) in [4.78, 5) is 0. The Balaban J connectivity index is 0.000000340. The third kappa shape index (κ3) is 17.4. The zero-order valence-electron chi connectivity index (χ0n) is 62.9. The van der Waals surface area contributed by atoms with Gasteiger partial charge in [0.25, 0.3) is 0 Å². The minimum atomic E-state index is -6.71. The first-order valence-corrected chi connectivity index (χ1v) is 37.5. The van der Waals surface area contributed by atoms with Gasteiger partial charge in [-0.3, -0.25) is 0 Å². The summed E-state index contributed by atoms with van der Waals surface area (Å²) in [6.45, 7) is 31.3. The fourth-order valence-electron chi connectivity index (χ4n) is 13.9. The first kappa shape index (κ1) is 102. The molecule has 0 N–H and O–H groups in total. The van der Waals surface area contributed by atoms with Gasteiger partial charge in [0.15, 0.2) is 93.1 Å². The SMILES string of the molecule is C=Cc1c(F)c(F)c([B-](c2c(F)c(F)c(C=C)c(F)c2F)(c2c(F)c(F)c(C=C)c(F)c2F)c2c(F)c(F)c(C=C)c(F)c2F)c(F)c1F.C=Cc1c(F)c(F)c([B-](c2c(F)c(F)c(C=C)c(F)c2F)(c2c(F)c(F)c(C=C)c(F)c2F)c2c(F)c(F)c(C=C)c(F)c2F)c(F)c1F.CC(C)=CC[S+]1CCCC1.CC(C)=CC[S+]1CCCC1.[Br-].[Na+]. The van der Waals surface area contributed by atoms with Gasteiger partial charge in [0.1, 0.15) is 140 Å².